The van der Waals surface area contributed by atoms with Gasteiger partial charge in [0.25, 0.3) is 7.48 Å². The monoisotopic (exact) mass is 142 g/mol. The Kier molecular flexibility index (Phi) is 2.71. The molecule has 0 unspecified atom stereocenters. The van der Waals surface area contributed by atoms with Crippen molar-refractivity contribution in [2.45, 2.75) is 12.2 Å². The zero-order valence-corrected chi connectivity index (χ0v) is 5.80. The van der Waals surface area contributed by atoms with Crippen molar-refractivity contribution < 1.29 is 9.45 Å². The number of carbonyl (C=O) groups excluding carboxylic acids is 1. The number of hydrogen-bond donors (Lipinski definition) is 2. The lowest BCUT2D eigenvalue weighted by atomic mass is 9.79. The zero-order valence-electron chi connectivity index (χ0n) is 5.80. The molecule has 1 heterocycles. The van der Waals surface area contributed by atoms with Gasteiger partial charge >= 0.3 is 0 Å². The predicted molar refractivity (Wildman–Crippen MR) is 38.7 cm³/mol. The maximum atomic E-state index is 10.6. The van der Waals surface area contributed by atoms with Gasteiger partial charge in [0.2, 0.25) is 5.91 Å². The van der Waals surface area contributed by atoms with Gasteiger partial charge in [-0.25, -0.2) is 0 Å². The average molecular weight is 142 g/mol. The molecule has 1 amide bonds. The van der Waals surface area contributed by atoms with Crippen molar-refractivity contribution in [2.75, 3.05) is 13.3 Å². The lowest BCUT2D eigenvalue weighted by molar-refractivity contribution is -0.119. The van der Waals surface area contributed by atoms with Gasteiger partial charge in [-0.3, -0.25) is 4.79 Å². The van der Waals surface area contributed by atoms with E-state index >= 15 is 0 Å². The summed E-state index contributed by atoms with van der Waals surface area (Å²) >= 11 is 0. The second kappa shape index (κ2) is 3.58. The van der Waals surface area contributed by atoms with Gasteiger partial charge in [-0.05, 0) is 5.82 Å². The first kappa shape index (κ1) is 7.56. The van der Waals surface area contributed by atoms with Crippen LogP contribution in [0.1, 0.15) is 6.42 Å². The molecule has 1 aliphatic rings. The number of carbonyl (C=O) groups is 1. The maximum absolute atomic E-state index is 10.6. The number of nitrogens with one attached hydrogen (secondary N) is 1. The van der Waals surface area contributed by atoms with E-state index in [-0.39, 0.29) is 12.6 Å². The van der Waals surface area contributed by atoms with Crippen LogP contribution in [-0.4, -0.2) is 26.7 Å². The highest BCUT2D eigenvalue weighted by atomic mass is 16.4. The zero-order chi connectivity index (χ0) is 7.40. The smallest absolute Gasteiger partial charge is 0.282 e. The fraction of sp³-hybridized carbons (Fsp3) is 0.800. The molecule has 0 saturated carbocycles. The standard InChI is InChI=1S/C5H11BN2O2/c7-3-10-6-4-1-5(9)8-2-4/h4,6H,1-3,7H2,(H,8,9)/t4-/m0/s1. The van der Waals surface area contributed by atoms with E-state index in [0.717, 1.165) is 6.54 Å². The predicted octanol–water partition coefficient (Wildman–Crippen LogP) is -1.42. The first-order valence-corrected chi connectivity index (χ1v) is 3.37. The van der Waals surface area contributed by atoms with Crippen LogP contribution in [0.3, 0.4) is 0 Å². The Hall–Kier alpha value is -0.545. The molecule has 0 aromatic rings. The molecule has 0 radical (unpaired) electrons. The Morgan fingerprint density at radius 3 is 3.20 bits per heavy atom. The molecule has 1 aliphatic heterocycles. The van der Waals surface area contributed by atoms with Crippen molar-refractivity contribution in [3.05, 3.63) is 0 Å². The summed E-state index contributed by atoms with van der Waals surface area (Å²) in [4.78, 5) is 10.6. The fourth-order valence-electron chi connectivity index (χ4n) is 1.02. The van der Waals surface area contributed by atoms with Crippen LogP contribution in [0.25, 0.3) is 0 Å². The SMILES string of the molecule is NCOB[C@@H]1CNC(=O)C1. The van der Waals surface area contributed by atoms with Gasteiger partial charge in [-0.15, -0.1) is 0 Å². The van der Waals surface area contributed by atoms with Gasteiger partial charge in [0.05, 0.1) is 6.73 Å². The highest BCUT2D eigenvalue weighted by Gasteiger charge is 2.22. The van der Waals surface area contributed by atoms with Crippen molar-refractivity contribution in [2.24, 2.45) is 5.73 Å². The average Bonchev–Trinajstić information content (AvgIpc) is 2.31. The minimum absolute atomic E-state index is 0.116. The third kappa shape index (κ3) is 2.00. The van der Waals surface area contributed by atoms with E-state index < -0.39 is 0 Å². The summed E-state index contributed by atoms with van der Waals surface area (Å²) in [7, 11) is 0.593. The van der Waals surface area contributed by atoms with E-state index in [1.54, 1.807) is 0 Å². The molecule has 0 bridgehead atoms. The molecule has 1 rings (SSSR count). The quantitative estimate of drug-likeness (QED) is 0.375. The van der Waals surface area contributed by atoms with Gasteiger partial charge < -0.3 is 15.7 Å². The molecule has 0 aromatic heterocycles. The first-order chi connectivity index (χ1) is 4.83. The lowest BCUT2D eigenvalue weighted by Gasteiger charge is -2.02. The minimum atomic E-state index is 0.116. The summed E-state index contributed by atoms with van der Waals surface area (Å²) in [6.45, 7) is 0.976. The molecule has 4 nitrogen and oxygen atoms in total. The van der Waals surface area contributed by atoms with Crippen LogP contribution in [0, 0.1) is 0 Å². The van der Waals surface area contributed by atoms with E-state index in [0.29, 0.717) is 19.7 Å². The molecule has 5 heteroatoms. The summed E-state index contributed by atoms with van der Waals surface area (Å²) in [5.74, 6) is 0.446. The number of hydrogen-bond acceptors (Lipinski definition) is 3. The largest absolute Gasteiger partial charge is 0.427 e. The maximum Gasteiger partial charge on any atom is 0.282 e. The summed E-state index contributed by atoms with van der Waals surface area (Å²) in [6.07, 6.45) is 0.583. The van der Waals surface area contributed by atoms with Crippen molar-refractivity contribution in [3.63, 3.8) is 0 Å². The summed E-state index contributed by atoms with van der Waals surface area (Å²) in [5, 5.41) is 2.72. The molecule has 0 aliphatic carbocycles. The Morgan fingerprint density at radius 2 is 2.70 bits per heavy atom. The minimum Gasteiger partial charge on any atom is -0.427 e. The van der Waals surface area contributed by atoms with Crippen LogP contribution >= 0.6 is 0 Å². The van der Waals surface area contributed by atoms with Gasteiger partial charge in [0.1, 0.15) is 0 Å². The number of amides is 1. The summed E-state index contributed by atoms with van der Waals surface area (Å²) in [6, 6.07) is 0. The highest BCUT2D eigenvalue weighted by molar-refractivity contribution is 6.31. The van der Waals surface area contributed by atoms with Gasteiger partial charge in [0, 0.05) is 13.0 Å². The van der Waals surface area contributed by atoms with E-state index in [1.165, 1.54) is 0 Å². The molecule has 0 spiro atoms. The van der Waals surface area contributed by atoms with E-state index in [9.17, 15) is 4.79 Å². The Morgan fingerprint density at radius 1 is 1.90 bits per heavy atom. The molecule has 0 aromatic carbocycles. The summed E-state index contributed by atoms with van der Waals surface area (Å²) < 4.78 is 4.95. The van der Waals surface area contributed by atoms with Crippen LogP contribution in [0.5, 0.6) is 0 Å². The Labute approximate surface area is 60.4 Å². The molecule has 56 valence electrons. The van der Waals surface area contributed by atoms with Crippen molar-refractivity contribution in [1.82, 2.24) is 5.32 Å². The molecule has 1 saturated heterocycles. The molecule has 1 fully saturated rings. The normalized spacial score (nSPS) is 24.5. The van der Waals surface area contributed by atoms with Crippen LogP contribution in [-0.2, 0) is 9.45 Å². The van der Waals surface area contributed by atoms with Crippen LogP contribution in [0.15, 0.2) is 0 Å². The van der Waals surface area contributed by atoms with E-state index in [4.69, 9.17) is 10.4 Å². The van der Waals surface area contributed by atoms with Gasteiger partial charge in [0.15, 0.2) is 0 Å². The first-order valence-electron chi connectivity index (χ1n) is 3.37. The van der Waals surface area contributed by atoms with E-state index in [1.807, 2.05) is 0 Å². The second-order valence-corrected chi connectivity index (χ2v) is 2.41. The van der Waals surface area contributed by atoms with Crippen LogP contribution < -0.4 is 11.1 Å². The van der Waals surface area contributed by atoms with Crippen molar-refractivity contribution in [1.29, 1.82) is 0 Å². The third-order valence-electron chi connectivity index (χ3n) is 1.53. The number of nitrogens with two attached hydrogens (primary N) is 1. The van der Waals surface area contributed by atoms with E-state index in [2.05, 4.69) is 5.32 Å². The second-order valence-electron chi connectivity index (χ2n) is 2.41. The molecule has 1 atom stereocenters. The fourth-order valence-corrected chi connectivity index (χ4v) is 1.02. The number of rotatable bonds is 3. The van der Waals surface area contributed by atoms with Crippen molar-refractivity contribution >= 4 is 13.4 Å². The molecular weight excluding hydrogens is 131 g/mol. The van der Waals surface area contributed by atoms with Gasteiger partial charge in [-0.1, -0.05) is 0 Å². The van der Waals surface area contributed by atoms with Crippen LogP contribution in [0.4, 0.5) is 0 Å². The Bertz CT molecular complexity index is 131. The lowest BCUT2D eigenvalue weighted by Crippen LogP contribution is -2.16. The molecule has 3 N–H and O–H groups in total. The molecular formula is C5H11BN2O2. The van der Waals surface area contributed by atoms with Gasteiger partial charge in [-0.2, -0.15) is 0 Å². The Balaban J connectivity index is 2.12. The summed E-state index contributed by atoms with van der Waals surface area (Å²) in [5.41, 5.74) is 5.11. The molecule has 10 heavy (non-hydrogen) atoms. The van der Waals surface area contributed by atoms with Crippen LogP contribution in [0.2, 0.25) is 5.82 Å². The van der Waals surface area contributed by atoms with Crippen molar-refractivity contribution in [3.8, 4) is 0 Å². The third-order valence-corrected chi connectivity index (χ3v) is 1.53. The highest BCUT2D eigenvalue weighted by Crippen LogP contribution is 2.13. The topological polar surface area (TPSA) is 64.3 Å².